The molecule has 1 aliphatic rings. The maximum absolute atomic E-state index is 11.8. The Kier molecular flexibility index (Phi) is 2.56. The Morgan fingerprint density at radius 3 is 2.86 bits per heavy atom. The zero-order chi connectivity index (χ0) is 10.3. The maximum Gasteiger partial charge on any atom is 0.0533 e. The second-order valence-corrected chi connectivity index (χ2v) is 6.78. The van der Waals surface area contributed by atoms with Crippen molar-refractivity contribution in [1.82, 2.24) is 0 Å². The van der Waals surface area contributed by atoms with Gasteiger partial charge in [0.2, 0.25) is 0 Å². The molecule has 0 saturated heterocycles. The van der Waals surface area contributed by atoms with Crippen molar-refractivity contribution in [2.24, 2.45) is 0 Å². The van der Waals surface area contributed by atoms with Crippen molar-refractivity contribution in [3.63, 3.8) is 0 Å². The molecule has 0 N–H and O–H groups in total. The molecule has 0 saturated carbocycles. The van der Waals surface area contributed by atoms with Gasteiger partial charge in [0.15, 0.2) is 0 Å². The van der Waals surface area contributed by atoms with Crippen molar-refractivity contribution in [1.29, 1.82) is 0 Å². The van der Waals surface area contributed by atoms with Gasteiger partial charge in [0.05, 0.1) is 10.8 Å². The third kappa shape index (κ3) is 1.68. The molecule has 0 amide bonds. The fourth-order valence-corrected chi connectivity index (χ4v) is 4.11. The Bertz CT molecular complexity index is 398. The van der Waals surface area contributed by atoms with Crippen LogP contribution < -0.4 is 0 Å². The van der Waals surface area contributed by atoms with Gasteiger partial charge in [-0.1, -0.05) is 35.8 Å². The zero-order valence-electron chi connectivity index (χ0n) is 8.34. The van der Waals surface area contributed by atoms with Gasteiger partial charge in [0, 0.05) is 15.1 Å². The molecule has 14 heavy (non-hydrogen) atoms. The van der Waals surface area contributed by atoms with Gasteiger partial charge in [-0.05, 0) is 29.5 Å². The lowest BCUT2D eigenvalue weighted by Crippen LogP contribution is -2.27. The van der Waals surface area contributed by atoms with Gasteiger partial charge in [0.25, 0.3) is 0 Å². The number of benzene rings is 1. The van der Waals surface area contributed by atoms with Crippen molar-refractivity contribution >= 4 is 26.7 Å². The van der Waals surface area contributed by atoms with Crippen LogP contribution in [-0.4, -0.2) is 9.96 Å². The largest absolute Gasteiger partial charge is 0.254 e. The molecule has 1 unspecified atom stereocenters. The van der Waals surface area contributed by atoms with Crippen LogP contribution in [0.5, 0.6) is 0 Å². The molecular formula is C11H13BrOS. The van der Waals surface area contributed by atoms with Gasteiger partial charge in [0.1, 0.15) is 0 Å². The summed E-state index contributed by atoms with van der Waals surface area (Å²) in [5.41, 5.74) is 1.41. The third-order valence-electron chi connectivity index (χ3n) is 2.83. The van der Waals surface area contributed by atoms with Crippen LogP contribution in [0, 0.1) is 0 Å². The van der Waals surface area contributed by atoms with E-state index in [1.807, 2.05) is 12.1 Å². The molecule has 0 spiro atoms. The molecule has 76 valence electrons. The monoisotopic (exact) mass is 272 g/mol. The zero-order valence-corrected chi connectivity index (χ0v) is 10.7. The first-order valence-electron chi connectivity index (χ1n) is 4.69. The topological polar surface area (TPSA) is 17.1 Å². The van der Waals surface area contributed by atoms with Crippen molar-refractivity contribution in [2.45, 2.75) is 30.6 Å². The third-order valence-corrected chi connectivity index (χ3v) is 4.73. The van der Waals surface area contributed by atoms with Crippen molar-refractivity contribution in [3.05, 3.63) is 28.2 Å². The van der Waals surface area contributed by atoms with E-state index in [4.69, 9.17) is 0 Å². The molecule has 0 bridgehead atoms. The van der Waals surface area contributed by atoms with E-state index in [9.17, 15) is 4.21 Å². The Hall–Kier alpha value is -0.150. The number of halogens is 1. The number of hydrogen-bond donors (Lipinski definition) is 0. The molecule has 1 heterocycles. The average Bonchev–Trinajstić information content (AvgIpc) is 2.12. The van der Waals surface area contributed by atoms with E-state index < -0.39 is 10.8 Å². The molecule has 1 aromatic rings. The van der Waals surface area contributed by atoms with Crippen molar-refractivity contribution < 1.29 is 4.21 Å². The first-order valence-corrected chi connectivity index (χ1v) is 6.80. The van der Waals surface area contributed by atoms with E-state index >= 15 is 0 Å². The summed E-state index contributed by atoms with van der Waals surface area (Å²) in [6.45, 7) is 4.44. The number of fused-ring (bicyclic) bond motifs is 1. The Labute approximate surface area is 95.5 Å². The minimum Gasteiger partial charge on any atom is -0.254 e. The Morgan fingerprint density at radius 1 is 1.43 bits per heavy atom. The summed E-state index contributed by atoms with van der Waals surface area (Å²) in [7, 11) is -0.802. The molecule has 0 aromatic heterocycles. The summed E-state index contributed by atoms with van der Waals surface area (Å²) in [4.78, 5) is 1.01. The summed E-state index contributed by atoms with van der Waals surface area (Å²) >= 11 is 3.42. The highest BCUT2D eigenvalue weighted by molar-refractivity contribution is 9.10. The van der Waals surface area contributed by atoms with Gasteiger partial charge >= 0.3 is 0 Å². The lowest BCUT2D eigenvalue weighted by atomic mass is 9.82. The molecule has 0 aliphatic carbocycles. The molecule has 1 aliphatic heterocycles. The van der Waals surface area contributed by atoms with Gasteiger partial charge in [-0.2, -0.15) is 0 Å². The van der Waals surface area contributed by atoms with Crippen LogP contribution in [0.3, 0.4) is 0 Å². The summed E-state index contributed by atoms with van der Waals surface area (Å²) < 4.78 is 12.8. The summed E-state index contributed by atoms with van der Waals surface area (Å²) in [6, 6.07) is 6.12. The van der Waals surface area contributed by atoms with Crippen molar-refractivity contribution in [3.8, 4) is 0 Å². The van der Waals surface area contributed by atoms with E-state index in [0.29, 0.717) is 0 Å². The molecule has 1 aromatic carbocycles. The average molecular weight is 273 g/mol. The maximum atomic E-state index is 11.8. The standard InChI is InChI=1S/C11H13BrOS/c1-11(2)5-6-14(13)10-7-8(12)3-4-9(10)11/h3-4,7H,5-6H2,1-2H3. The van der Waals surface area contributed by atoms with E-state index in [2.05, 4.69) is 35.8 Å². The smallest absolute Gasteiger partial charge is 0.0533 e. The number of hydrogen-bond acceptors (Lipinski definition) is 1. The van der Waals surface area contributed by atoms with Gasteiger partial charge < -0.3 is 0 Å². The first-order chi connectivity index (χ1) is 6.50. The van der Waals surface area contributed by atoms with Crippen LogP contribution in [0.4, 0.5) is 0 Å². The first kappa shape index (κ1) is 10.4. The lowest BCUT2D eigenvalue weighted by molar-refractivity contribution is 0.486. The highest BCUT2D eigenvalue weighted by Crippen LogP contribution is 2.37. The molecule has 1 nitrogen and oxygen atoms in total. The summed E-state index contributed by atoms with van der Waals surface area (Å²) in [6.07, 6.45) is 1.01. The molecule has 0 fully saturated rings. The highest BCUT2D eigenvalue weighted by Gasteiger charge is 2.30. The lowest BCUT2D eigenvalue weighted by Gasteiger charge is -2.31. The molecule has 1 atom stereocenters. The van der Waals surface area contributed by atoms with Gasteiger partial charge in [-0.15, -0.1) is 0 Å². The van der Waals surface area contributed by atoms with Crippen LogP contribution in [-0.2, 0) is 16.2 Å². The second-order valence-electron chi connectivity index (χ2n) is 4.32. The van der Waals surface area contributed by atoms with E-state index in [0.717, 1.165) is 21.5 Å². The molecule has 2 rings (SSSR count). The summed E-state index contributed by atoms with van der Waals surface area (Å²) in [5.74, 6) is 0.788. The normalized spacial score (nSPS) is 24.4. The number of rotatable bonds is 0. The predicted molar refractivity (Wildman–Crippen MR) is 63.1 cm³/mol. The Morgan fingerprint density at radius 2 is 2.14 bits per heavy atom. The predicted octanol–water partition coefficient (Wildman–Crippen LogP) is 3.24. The van der Waals surface area contributed by atoms with Gasteiger partial charge in [-0.3, -0.25) is 4.21 Å². The van der Waals surface area contributed by atoms with Crippen LogP contribution in [0.1, 0.15) is 25.8 Å². The van der Waals surface area contributed by atoms with Crippen LogP contribution in [0.2, 0.25) is 0 Å². The molecule has 3 heteroatoms. The van der Waals surface area contributed by atoms with Crippen molar-refractivity contribution in [2.75, 3.05) is 5.75 Å². The fraction of sp³-hybridized carbons (Fsp3) is 0.455. The minimum atomic E-state index is -0.802. The Balaban J connectivity index is 2.63. The molecule has 0 radical (unpaired) electrons. The summed E-state index contributed by atoms with van der Waals surface area (Å²) in [5, 5.41) is 0. The van der Waals surface area contributed by atoms with E-state index in [1.54, 1.807) is 0 Å². The fourth-order valence-electron chi connectivity index (χ4n) is 1.84. The van der Waals surface area contributed by atoms with Gasteiger partial charge in [-0.25, -0.2) is 0 Å². The SMILES string of the molecule is CC1(C)CCS(=O)c2cc(Br)ccc21. The van der Waals surface area contributed by atoms with Crippen LogP contribution in [0.25, 0.3) is 0 Å². The van der Waals surface area contributed by atoms with Crippen LogP contribution >= 0.6 is 15.9 Å². The minimum absolute atomic E-state index is 0.171. The quantitative estimate of drug-likeness (QED) is 0.709. The highest BCUT2D eigenvalue weighted by atomic mass is 79.9. The van der Waals surface area contributed by atoms with Crippen LogP contribution in [0.15, 0.2) is 27.6 Å². The van der Waals surface area contributed by atoms with E-state index in [-0.39, 0.29) is 5.41 Å². The molecular weight excluding hydrogens is 260 g/mol. The second kappa shape index (κ2) is 3.46. The van der Waals surface area contributed by atoms with E-state index in [1.165, 1.54) is 5.56 Å².